The van der Waals surface area contributed by atoms with Gasteiger partial charge in [-0.05, 0) is 13.8 Å². The van der Waals surface area contributed by atoms with Crippen LogP contribution in [0.15, 0.2) is 0 Å². The Hall–Kier alpha value is -0.476. The monoisotopic (exact) mass is 211 g/mol. The summed E-state index contributed by atoms with van der Waals surface area (Å²) in [6, 6.07) is 0. The maximum absolute atomic E-state index is 10.9. The fourth-order valence-corrected chi connectivity index (χ4v) is 0.647. The number of rotatable bonds is 2. The molecule has 0 aromatic carbocycles. The van der Waals surface area contributed by atoms with Crippen LogP contribution in [-0.4, -0.2) is 24.6 Å². The van der Waals surface area contributed by atoms with Crippen molar-refractivity contribution < 1.29 is 37.6 Å². The summed E-state index contributed by atoms with van der Waals surface area (Å²) in [4.78, 5) is 21.3. The smallest absolute Gasteiger partial charge is 0.349 e. The Morgan fingerprint density at radius 1 is 1.25 bits per heavy atom. The Bertz CT molecular complexity index is 176. The van der Waals surface area contributed by atoms with Crippen molar-refractivity contribution in [2.24, 2.45) is 0 Å². The third-order valence-electron chi connectivity index (χ3n) is 1.08. The van der Waals surface area contributed by atoms with Crippen molar-refractivity contribution in [2.45, 2.75) is 26.4 Å². The van der Waals surface area contributed by atoms with Crippen LogP contribution in [0.5, 0.6) is 0 Å². The van der Waals surface area contributed by atoms with E-state index in [1.54, 1.807) is 0 Å². The van der Waals surface area contributed by atoms with Crippen LogP contribution in [0.4, 0.5) is 0 Å². The van der Waals surface area contributed by atoms with Crippen molar-refractivity contribution in [3.05, 3.63) is 0 Å². The first-order chi connectivity index (χ1) is 4.90. The van der Waals surface area contributed by atoms with E-state index < -0.39 is 17.5 Å². The van der Waals surface area contributed by atoms with Gasteiger partial charge in [0.05, 0.1) is 7.11 Å². The maximum Gasteiger partial charge on any atom is 0.349 e. The van der Waals surface area contributed by atoms with Crippen LogP contribution in [0, 0.1) is 0 Å². The summed E-state index contributed by atoms with van der Waals surface area (Å²) in [5.74, 6) is -1.06. The number of hydrogen-bond acceptors (Lipinski definition) is 4. The number of esters is 2. The molecule has 0 fully saturated rings. The van der Waals surface area contributed by atoms with E-state index >= 15 is 0 Å². The number of ether oxygens (including phenoxy) is 2. The number of carbonyl (C=O) groups excluding carboxylic acids is 2. The summed E-state index contributed by atoms with van der Waals surface area (Å²) in [5.41, 5.74) is -1.18. The largest absolute Gasteiger partial charge is 0.466 e. The van der Waals surface area contributed by atoms with E-state index in [0.29, 0.717) is 0 Å². The summed E-state index contributed by atoms with van der Waals surface area (Å²) < 4.78 is 9.08. The third-order valence-corrected chi connectivity index (χ3v) is 1.08. The molecule has 0 bridgehead atoms. The standard InChI is InChI=1S/C7H12O4.V/c1-5(8)11-7(2,3)6(9)10-4;/h1-4H3;. The molecule has 12 heavy (non-hydrogen) atoms. The first-order valence-electron chi connectivity index (χ1n) is 3.18. The van der Waals surface area contributed by atoms with Gasteiger partial charge in [-0.3, -0.25) is 4.79 Å². The van der Waals surface area contributed by atoms with Crippen LogP contribution in [0.3, 0.4) is 0 Å². The Kier molecular flexibility index (Phi) is 6.12. The van der Waals surface area contributed by atoms with Gasteiger partial charge in [-0.25, -0.2) is 4.79 Å². The van der Waals surface area contributed by atoms with Crippen molar-refractivity contribution in [1.29, 1.82) is 0 Å². The second-order valence-electron chi connectivity index (χ2n) is 2.60. The molecule has 0 spiro atoms. The van der Waals surface area contributed by atoms with E-state index in [4.69, 9.17) is 0 Å². The molecule has 0 saturated carbocycles. The second kappa shape index (κ2) is 5.22. The molecule has 0 atom stereocenters. The molecule has 0 amide bonds. The molecule has 5 heteroatoms. The Balaban J connectivity index is 0. The number of methoxy groups -OCH3 is 1. The van der Waals surface area contributed by atoms with E-state index in [1.807, 2.05) is 0 Å². The van der Waals surface area contributed by atoms with E-state index in [0.717, 1.165) is 0 Å². The predicted octanol–water partition coefficient (Wildman–Crippen LogP) is 0.499. The Morgan fingerprint density at radius 2 is 1.67 bits per heavy atom. The molecule has 0 aliphatic carbocycles. The minimum atomic E-state index is -1.18. The van der Waals surface area contributed by atoms with Crippen LogP contribution >= 0.6 is 0 Å². The van der Waals surface area contributed by atoms with Gasteiger partial charge in [0.25, 0.3) is 0 Å². The Labute approximate surface area is 83.5 Å². The zero-order chi connectivity index (χ0) is 9.07. The molecule has 0 aliphatic rings. The van der Waals surface area contributed by atoms with Crippen molar-refractivity contribution in [3.63, 3.8) is 0 Å². The first-order valence-corrected chi connectivity index (χ1v) is 3.18. The van der Waals surface area contributed by atoms with Crippen LogP contribution < -0.4 is 0 Å². The van der Waals surface area contributed by atoms with Gasteiger partial charge in [0.15, 0.2) is 0 Å². The van der Waals surface area contributed by atoms with Gasteiger partial charge >= 0.3 is 11.9 Å². The average molecular weight is 211 g/mol. The molecule has 0 heterocycles. The second-order valence-corrected chi connectivity index (χ2v) is 2.60. The van der Waals surface area contributed by atoms with Gasteiger partial charge in [0, 0.05) is 25.5 Å². The molecule has 4 nitrogen and oxygen atoms in total. The van der Waals surface area contributed by atoms with Crippen molar-refractivity contribution in [3.8, 4) is 0 Å². The molecular formula is C7H12O4V. The van der Waals surface area contributed by atoms with Gasteiger partial charge in [-0.1, -0.05) is 0 Å². The van der Waals surface area contributed by atoms with Gasteiger partial charge in [0.1, 0.15) is 0 Å². The number of hydrogen-bond donors (Lipinski definition) is 0. The van der Waals surface area contributed by atoms with Gasteiger partial charge in [0.2, 0.25) is 5.60 Å². The molecule has 0 saturated heterocycles. The summed E-state index contributed by atoms with van der Waals surface area (Å²) in [6.45, 7) is 4.19. The third kappa shape index (κ3) is 4.41. The number of carbonyl (C=O) groups is 2. The topological polar surface area (TPSA) is 52.6 Å². The Morgan fingerprint density at radius 3 is 1.92 bits per heavy atom. The summed E-state index contributed by atoms with van der Waals surface area (Å²) in [6.07, 6.45) is 0. The zero-order valence-electron chi connectivity index (χ0n) is 7.58. The molecule has 0 rings (SSSR count). The molecule has 0 unspecified atom stereocenters. The molecular weight excluding hydrogens is 199 g/mol. The normalized spacial score (nSPS) is 9.67. The predicted molar refractivity (Wildman–Crippen MR) is 37.9 cm³/mol. The zero-order valence-corrected chi connectivity index (χ0v) is 8.98. The van der Waals surface area contributed by atoms with Crippen molar-refractivity contribution in [2.75, 3.05) is 7.11 Å². The van der Waals surface area contributed by atoms with Crippen LogP contribution in [0.2, 0.25) is 0 Å². The minimum Gasteiger partial charge on any atom is -0.466 e. The maximum atomic E-state index is 10.9. The quantitative estimate of drug-likeness (QED) is 0.624. The van der Waals surface area contributed by atoms with E-state index in [2.05, 4.69) is 9.47 Å². The molecule has 0 aromatic heterocycles. The first kappa shape index (κ1) is 14.1. The molecule has 0 N–H and O–H groups in total. The molecule has 0 aliphatic heterocycles. The summed E-state index contributed by atoms with van der Waals surface area (Å²) in [7, 11) is 1.24. The van der Waals surface area contributed by atoms with Crippen molar-refractivity contribution >= 4 is 11.9 Å². The molecule has 0 aromatic rings. The minimum absolute atomic E-state index is 0. The van der Waals surface area contributed by atoms with Crippen LogP contribution in [-0.2, 0) is 37.6 Å². The fourth-order valence-electron chi connectivity index (χ4n) is 0.647. The van der Waals surface area contributed by atoms with Gasteiger partial charge in [-0.2, -0.15) is 0 Å². The van der Waals surface area contributed by atoms with Crippen molar-refractivity contribution in [1.82, 2.24) is 0 Å². The van der Waals surface area contributed by atoms with E-state index in [-0.39, 0.29) is 18.6 Å². The summed E-state index contributed by atoms with van der Waals surface area (Å²) in [5, 5.41) is 0. The van der Waals surface area contributed by atoms with E-state index in [1.165, 1.54) is 27.9 Å². The SMILES string of the molecule is COC(=O)C(C)(C)OC(C)=O.[V]. The fraction of sp³-hybridized carbons (Fsp3) is 0.714. The molecule has 1 radical (unpaired) electrons. The van der Waals surface area contributed by atoms with Gasteiger partial charge < -0.3 is 9.47 Å². The molecule has 69 valence electrons. The summed E-state index contributed by atoms with van der Waals surface area (Å²) >= 11 is 0. The van der Waals surface area contributed by atoms with E-state index in [9.17, 15) is 9.59 Å². The average Bonchev–Trinajstić information content (AvgIpc) is 1.83. The van der Waals surface area contributed by atoms with Crippen LogP contribution in [0.1, 0.15) is 20.8 Å². The van der Waals surface area contributed by atoms with Crippen LogP contribution in [0.25, 0.3) is 0 Å². The van der Waals surface area contributed by atoms with Gasteiger partial charge in [-0.15, -0.1) is 0 Å².